The summed E-state index contributed by atoms with van der Waals surface area (Å²) in [5, 5.41) is 3.02. The standard InChI is InChI=1S/C23H31N3O2/c1-4-18(2)24-23(27)17-19-5-7-20(8-6-19)25-13-15-26(16-14-25)21-9-11-22(28-3)12-10-21/h5-12,18H,4,13-17H2,1-3H3,(H,24,27). The molecule has 0 aliphatic carbocycles. The third-order valence-electron chi connectivity index (χ3n) is 5.40. The Morgan fingerprint density at radius 2 is 1.46 bits per heavy atom. The molecule has 0 radical (unpaired) electrons. The lowest BCUT2D eigenvalue weighted by molar-refractivity contribution is -0.121. The van der Waals surface area contributed by atoms with Crippen LogP contribution >= 0.6 is 0 Å². The van der Waals surface area contributed by atoms with E-state index in [2.05, 4.69) is 58.4 Å². The molecule has 1 heterocycles. The Bertz CT molecular complexity index is 750. The Hall–Kier alpha value is -2.69. The molecule has 1 fully saturated rings. The smallest absolute Gasteiger partial charge is 0.224 e. The van der Waals surface area contributed by atoms with E-state index in [0.29, 0.717) is 6.42 Å². The highest BCUT2D eigenvalue weighted by Gasteiger charge is 2.17. The van der Waals surface area contributed by atoms with E-state index in [1.807, 2.05) is 19.1 Å². The van der Waals surface area contributed by atoms with Gasteiger partial charge in [-0.3, -0.25) is 4.79 Å². The molecule has 0 bridgehead atoms. The average Bonchev–Trinajstić information content (AvgIpc) is 2.74. The lowest BCUT2D eigenvalue weighted by Gasteiger charge is -2.37. The van der Waals surface area contributed by atoms with Gasteiger partial charge in [0.15, 0.2) is 0 Å². The Kier molecular flexibility index (Phi) is 6.80. The molecule has 5 nitrogen and oxygen atoms in total. The second-order valence-electron chi connectivity index (χ2n) is 7.39. The maximum absolute atomic E-state index is 12.0. The SMILES string of the molecule is CCC(C)NC(=O)Cc1ccc(N2CCN(c3ccc(OC)cc3)CC2)cc1. The van der Waals surface area contributed by atoms with Gasteiger partial charge < -0.3 is 19.9 Å². The van der Waals surface area contributed by atoms with Gasteiger partial charge in [0.1, 0.15) is 5.75 Å². The van der Waals surface area contributed by atoms with Crippen molar-refractivity contribution in [3.63, 3.8) is 0 Å². The second-order valence-corrected chi connectivity index (χ2v) is 7.39. The van der Waals surface area contributed by atoms with Crippen LogP contribution in [0.2, 0.25) is 0 Å². The van der Waals surface area contributed by atoms with Crippen LogP contribution in [0.5, 0.6) is 5.75 Å². The third-order valence-corrected chi connectivity index (χ3v) is 5.40. The molecular weight excluding hydrogens is 350 g/mol. The first-order valence-corrected chi connectivity index (χ1v) is 10.1. The molecule has 1 aliphatic heterocycles. The molecule has 0 saturated carbocycles. The van der Waals surface area contributed by atoms with Gasteiger partial charge in [-0.1, -0.05) is 19.1 Å². The van der Waals surface area contributed by atoms with Gasteiger partial charge in [0, 0.05) is 43.6 Å². The number of amides is 1. The molecule has 1 aliphatic rings. The number of hydrogen-bond acceptors (Lipinski definition) is 4. The number of nitrogens with zero attached hydrogens (tertiary/aromatic N) is 2. The maximum atomic E-state index is 12.0. The molecule has 2 aromatic carbocycles. The predicted molar refractivity (Wildman–Crippen MR) is 115 cm³/mol. The van der Waals surface area contributed by atoms with E-state index in [4.69, 9.17) is 4.74 Å². The minimum Gasteiger partial charge on any atom is -0.497 e. The van der Waals surface area contributed by atoms with Crippen LogP contribution < -0.4 is 19.9 Å². The number of benzene rings is 2. The van der Waals surface area contributed by atoms with Crippen molar-refractivity contribution in [1.29, 1.82) is 0 Å². The molecule has 1 saturated heterocycles. The number of rotatable bonds is 7. The van der Waals surface area contributed by atoms with Gasteiger partial charge in [-0.25, -0.2) is 0 Å². The summed E-state index contributed by atoms with van der Waals surface area (Å²) >= 11 is 0. The van der Waals surface area contributed by atoms with E-state index in [-0.39, 0.29) is 11.9 Å². The van der Waals surface area contributed by atoms with Crippen LogP contribution in [0.25, 0.3) is 0 Å². The first-order chi connectivity index (χ1) is 13.6. The van der Waals surface area contributed by atoms with Crippen LogP contribution in [-0.2, 0) is 11.2 Å². The van der Waals surface area contributed by atoms with Gasteiger partial charge in [0.2, 0.25) is 5.91 Å². The molecule has 5 heteroatoms. The number of carbonyl (C=O) groups excluding carboxylic acids is 1. The zero-order valence-electron chi connectivity index (χ0n) is 17.1. The largest absolute Gasteiger partial charge is 0.497 e. The summed E-state index contributed by atoms with van der Waals surface area (Å²) in [5.41, 5.74) is 3.52. The quantitative estimate of drug-likeness (QED) is 0.798. The van der Waals surface area contributed by atoms with E-state index in [1.165, 1.54) is 11.4 Å². The number of methoxy groups -OCH3 is 1. The second kappa shape index (κ2) is 9.49. The number of carbonyl (C=O) groups is 1. The summed E-state index contributed by atoms with van der Waals surface area (Å²) in [6, 6.07) is 16.9. The lowest BCUT2D eigenvalue weighted by Crippen LogP contribution is -2.46. The summed E-state index contributed by atoms with van der Waals surface area (Å²) < 4.78 is 5.24. The minimum absolute atomic E-state index is 0.0928. The Labute approximate surface area is 168 Å². The predicted octanol–water partition coefficient (Wildman–Crippen LogP) is 3.48. The summed E-state index contributed by atoms with van der Waals surface area (Å²) in [4.78, 5) is 16.9. The molecule has 1 unspecified atom stereocenters. The summed E-state index contributed by atoms with van der Waals surface area (Å²) in [7, 11) is 1.69. The van der Waals surface area contributed by atoms with Crippen molar-refractivity contribution in [2.24, 2.45) is 0 Å². The van der Waals surface area contributed by atoms with Crippen LogP contribution in [0.3, 0.4) is 0 Å². The molecule has 0 spiro atoms. The molecule has 2 aromatic rings. The number of ether oxygens (including phenoxy) is 1. The number of piperazine rings is 1. The minimum atomic E-state index is 0.0928. The molecule has 1 atom stereocenters. The van der Waals surface area contributed by atoms with Crippen molar-refractivity contribution in [3.05, 3.63) is 54.1 Å². The fraction of sp³-hybridized carbons (Fsp3) is 0.435. The summed E-state index contributed by atoms with van der Waals surface area (Å²) in [5.74, 6) is 0.982. The fourth-order valence-electron chi connectivity index (χ4n) is 3.45. The van der Waals surface area contributed by atoms with Gasteiger partial charge in [-0.2, -0.15) is 0 Å². The maximum Gasteiger partial charge on any atom is 0.224 e. The Balaban J connectivity index is 1.52. The van der Waals surface area contributed by atoms with Crippen LogP contribution in [0, 0.1) is 0 Å². The lowest BCUT2D eigenvalue weighted by atomic mass is 10.1. The fourth-order valence-corrected chi connectivity index (χ4v) is 3.45. The van der Waals surface area contributed by atoms with E-state index in [9.17, 15) is 4.79 Å². The number of hydrogen-bond donors (Lipinski definition) is 1. The topological polar surface area (TPSA) is 44.8 Å². The van der Waals surface area contributed by atoms with E-state index in [0.717, 1.165) is 43.9 Å². The van der Waals surface area contributed by atoms with Gasteiger partial charge in [-0.15, -0.1) is 0 Å². The van der Waals surface area contributed by atoms with Crippen molar-refractivity contribution in [3.8, 4) is 5.75 Å². The van der Waals surface area contributed by atoms with Crippen LogP contribution in [0.4, 0.5) is 11.4 Å². The highest BCUT2D eigenvalue weighted by molar-refractivity contribution is 5.79. The molecule has 150 valence electrons. The zero-order valence-corrected chi connectivity index (χ0v) is 17.1. The van der Waals surface area contributed by atoms with Crippen molar-refractivity contribution >= 4 is 17.3 Å². The van der Waals surface area contributed by atoms with Crippen LogP contribution in [-0.4, -0.2) is 45.2 Å². The monoisotopic (exact) mass is 381 g/mol. The van der Waals surface area contributed by atoms with Gasteiger partial charge in [0.25, 0.3) is 0 Å². The molecule has 0 aromatic heterocycles. The van der Waals surface area contributed by atoms with E-state index >= 15 is 0 Å². The third kappa shape index (κ3) is 5.18. The molecule has 1 N–H and O–H groups in total. The highest BCUT2D eigenvalue weighted by atomic mass is 16.5. The van der Waals surface area contributed by atoms with Crippen molar-refractivity contribution in [2.75, 3.05) is 43.1 Å². The normalized spacial score (nSPS) is 15.2. The van der Waals surface area contributed by atoms with Gasteiger partial charge >= 0.3 is 0 Å². The van der Waals surface area contributed by atoms with Crippen molar-refractivity contribution < 1.29 is 9.53 Å². The summed E-state index contributed by atoms with van der Waals surface area (Å²) in [6.45, 7) is 8.07. The number of nitrogens with one attached hydrogen (secondary N) is 1. The first kappa shape index (κ1) is 20.1. The van der Waals surface area contributed by atoms with E-state index in [1.54, 1.807) is 7.11 Å². The van der Waals surface area contributed by atoms with Crippen molar-refractivity contribution in [2.45, 2.75) is 32.7 Å². The number of anilines is 2. The zero-order chi connectivity index (χ0) is 19.9. The van der Waals surface area contributed by atoms with E-state index < -0.39 is 0 Å². The molecule has 3 rings (SSSR count). The Morgan fingerprint density at radius 1 is 0.964 bits per heavy atom. The van der Waals surface area contributed by atoms with Gasteiger partial charge in [-0.05, 0) is 55.3 Å². The molecular formula is C23H31N3O2. The van der Waals surface area contributed by atoms with Crippen LogP contribution in [0.1, 0.15) is 25.8 Å². The van der Waals surface area contributed by atoms with Crippen LogP contribution in [0.15, 0.2) is 48.5 Å². The molecule has 1 amide bonds. The van der Waals surface area contributed by atoms with Crippen molar-refractivity contribution in [1.82, 2.24) is 5.32 Å². The average molecular weight is 382 g/mol. The Morgan fingerprint density at radius 3 is 1.93 bits per heavy atom. The molecule has 28 heavy (non-hydrogen) atoms. The first-order valence-electron chi connectivity index (χ1n) is 10.1. The highest BCUT2D eigenvalue weighted by Crippen LogP contribution is 2.23. The summed E-state index contributed by atoms with van der Waals surface area (Å²) in [6.07, 6.45) is 1.39. The van der Waals surface area contributed by atoms with Gasteiger partial charge in [0.05, 0.1) is 13.5 Å².